The van der Waals surface area contributed by atoms with Crippen molar-refractivity contribution in [3.05, 3.63) is 35.9 Å². The molecule has 0 amide bonds. The quantitative estimate of drug-likeness (QED) is 0.542. The van der Waals surface area contributed by atoms with Crippen molar-refractivity contribution in [2.75, 3.05) is 6.61 Å². The highest BCUT2D eigenvalue weighted by Gasteiger charge is 2.31. The molecule has 0 fully saturated rings. The number of esters is 1. The van der Waals surface area contributed by atoms with Gasteiger partial charge >= 0.3 is 5.97 Å². The molecule has 0 saturated heterocycles. The van der Waals surface area contributed by atoms with Gasteiger partial charge in [-0.2, -0.15) is 0 Å². The van der Waals surface area contributed by atoms with Crippen LogP contribution in [0.3, 0.4) is 0 Å². The first-order chi connectivity index (χ1) is 6.58. The number of benzene rings is 1. The first kappa shape index (κ1) is 10.7. The van der Waals surface area contributed by atoms with Gasteiger partial charge in [0.15, 0.2) is 0 Å². The summed E-state index contributed by atoms with van der Waals surface area (Å²) in [6.07, 6.45) is 0. The predicted octanol–water partition coefficient (Wildman–Crippen LogP) is 0.387. The highest BCUT2D eigenvalue weighted by molar-refractivity contribution is 5.66. The maximum Gasteiger partial charge on any atom is 0.305 e. The van der Waals surface area contributed by atoms with E-state index in [1.165, 1.54) is 6.92 Å². The van der Waals surface area contributed by atoms with E-state index in [0.29, 0.717) is 5.56 Å². The molecule has 1 aromatic carbocycles. The van der Waals surface area contributed by atoms with Crippen LogP contribution in [0.15, 0.2) is 30.3 Å². The first-order valence-electron chi connectivity index (χ1n) is 4.17. The normalized spacial score (nSPS) is 14.5. The highest BCUT2D eigenvalue weighted by Crippen LogP contribution is 2.21. The Morgan fingerprint density at radius 3 is 2.43 bits per heavy atom. The number of hydrogen-bond donors (Lipinski definition) is 2. The van der Waals surface area contributed by atoms with E-state index in [1.807, 2.05) is 0 Å². The van der Waals surface area contributed by atoms with Gasteiger partial charge in [-0.05, 0) is 0 Å². The fraction of sp³-hybridized carbons (Fsp3) is 0.300. The van der Waals surface area contributed by atoms with Crippen LogP contribution >= 0.6 is 0 Å². The summed E-state index contributed by atoms with van der Waals surface area (Å²) in [7, 11) is 0. The Morgan fingerprint density at radius 2 is 2.00 bits per heavy atom. The van der Waals surface area contributed by atoms with E-state index in [0.717, 1.165) is 0 Å². The Labute approximate surface area is 81.8 Å². The fourth-order valence-corrected chi connectivity index (χ4v) is 1.12. The van der Waals surface area contributed by atoms with Gasteiger partial charge in [-0.1, -0.05) is 30.3 Å². The van der Waals surface area contributed by atoms with E-state index >= 15 is 0 Å². The number of ether oxygens (including phenoxy) is 1. The summed E-state index contributed by atoms with van der Waals surface area (Å²) in [4.78, 5) is 10.7. The minimum atomic E-state index is -1.94. The van der Waals surface area contributed by atoms with Crippen molar-refractivity contribution in [2.45, 2.75) is 12.7 Å². The summed E-state index contributed by atoms with van der Waals surface area (Å²) >= 11 is 0. The number of carbonyl (C=O) groups is 1. The SMILES string of the molecule is CC(=O)OC(O)(CO)c1ccccc1. The van der Waals surface area contributed by atoms with Gasteiger partial charge in [0.2, 0.25) is 0 Å². The third-order valence-corrected chi connectivity index (χ3v) is 1.75. The summed E-state index contributed by atoms with van der Waals surface area (Å²) in [5.41, 5.74) is 0.345. The molecule has 0 saturated carbocycles. The van der Waals surface area contributed by atoms with Crippen LogP contribution in [0.5, 0.6) is 0 Å². The van der Waals surface area contributed by atoms with Gasteiger partial charge in [0.25, 0.3) is 5.79 Å². The van der Waals surface area contributed by atoms with E-state index in [2.05, 4.69) is 4.74 Å². The van der Waals surface area contributed by atoms with Crippen molar-refractivity contribution < 1.29 is 19.7 Å². The molecule has 1 aromatic rings. The van der Waals surface area contributed by atoms with Crippen LogP contribution in [0.2, 0.25) is 0 Å². The zero-order chi connectivity index (χ0) is 10.6. The standard InChI is InChI=1S/C10H12O4/c1-8(12)14-10(13,7-11)9-5-3-2-4-6-9/h2-6,11,13H,7H2,1H3. The molecular formula is C10H12O4. The second-order valence-corrected chi connectivity index (χ2v) is 2.90. The molecule has 2 N–H and O–H groups in total. The van der Waals surface area contributed by atoms with Gasteiger partial charge in [-0.15, -0.1) is 0 Å². The zero-order valence-electron chi connectivity index (χ0n) is 7.80. The van der Waals surface area contributed by atoms with E-state index in [1.54, 1.807) is 30.3 Å². The summed E-state index contributed by atoms with van der Waals surface area (Å²) in [6.45, 7) is 0.500. The van der Waals surface area contributed by atoms with Crippen molar-refractivity contribution >= 4 is 5.97 Å². The molecule has 1 rings (SSSR count). The lowest BCUT2D eigenvalue weighted by Crippen LogP contribution is -2.35. The maximum atomic E-state index is 10.7. The summed E-state index contributed by atoms with van der Waals surface area (Å²) in [5.74, 6) is -2.59. The molecule has 0 aliphatic heterocycles. The van der Waals surface area contributed by atoms with Gasteiger partial charge < -0.3 is 14.9 Å². The van der Waals surface area contributed by atoms with Crippen molar-refractivity contribution in [2.24, 2.45) is 0 Å². The van der Waals surface area contributed by atoms with Gasteiger partial charge in [0.1, 0.15) is 6.61 Å². The topological polar surface area (TPSA) is 66.8 Å². The van der Waals surface area contributed by atoms with Crippen LogP contribution in [0.4, 0.5) is 0 Å². The Hall–Kier alpha value is -1.39. The molecule has 0 aliphatic rings. The Balaban J connectivity index is 2.95. The van der Waals surface area contributed by atoms with Crippen molar-refractivity contribution in [1.82, 2.24) is 0 Å². The second-order valence-electron chi connectivity index (χ2n) is 2.90. The lowest BCUT2D eigenvalue weighted by Gasteiger charge is -2.25. The molecule has 14 heavy (non-hydrogen) atoms. The van der Waals surface area contributed by atoms with Gasteiger partial charge in [0, 0.05) is 12.5 Å². The molecule has 0 spiro atoms. The molecule has 4 nitrogen and oxygen atoms in total. The smallest absolute Gasteiger partial charge is 0.305 e. The number of aliphatic hydroxyl groups is 2. The van der Waals surface area contributed by atoms with E-state index in [-0.39, 0.29) is 0 Å². The highest BCUT2D eigenvalue weighted by atomic mass is 16.7. The Morgan fingerprint density at radius 1 is 1.43 bits per heavy atom. The maximum absolute atomic E-state index is 10.7. The molecular weight excluding hydrogens is 184 g/mol. The molecule has 1 unspecified atom stereocenters. The summed E-state index contributed by atoms with van der Waals surface area (Å²) < 4.78 is 4.64. The van der Waals surface area contributed by atoms with Gasteiger partial charge in [-0.25, -0.2) is 0 Å². The largest absolute Gasteiger partial charge is 0.426 e. The summed E-state index contributed by atoms with van der Waals surface area (Å²) in [5, 5.41) is 18.7. The molecule has 0 aliphatic carbocycles. The minimum Gasteiger partial charge on any atom is -0.426 e. The van der Waals surface area contributed by atoms with Crippen LogP contribution in [0.25, 0.3) is 0 Å². The predicted molar refractivity (Wildman–Crippen MR) is 49.2 cm³/mol. The lowest BCUT2D eigenvalue weighted by atomic mass is 10.1. The van der Waals surface area contributed by atoms with Gasteiger partial charge in [0.05, 0.1) is 0 Å². The van der Waals surface area contributed by atoms with Crippen LogP contribution in [-0.4, -0.2) is 22.8 Å². The zero-order valence-corrected chi connectivity index (χ0v) is 7.80. The molecule has 76 valence electrons. The van der Waals surface area contributed by atoms with Gasteiger partial charge in [-0.3, -0.25) is 4.79 Å². The number of carbonyl (C=O) groups excluding carboxylic acids is 1. The molecule has 4 heteroatoms. The Kier molecular flexibility index (Phi) is 3.22. The first-order valence-corrected chi connectivity index (χ1v) is 4.17. The van der Waals surface area contributed by atoms with E-state index in [4.69, 9.17) is 5.11 Å². The van der Waals surface area contributed by atoms with Crippen LogP contribution in [0, 0.1) is 0 Å². The lowest BCUT2D eigenvalue weighted by molar-refractivity contribution is -0.227. The number of aliphatic hydroxyl groups excluding tert-OH is 1. The second kappa shape index (κ2) is 4.21. The van der Waals surface area contributed by atoms with E-state index < -0.39 is 18.4 Å². The molecule has 0 bridgehead atoms. The fourth-order valence-electron chi connectivity index (χ4n) is 1.12. The van der Waals surface area contributed by atoms with E-state index in [9.17, 15) is 9.90 Å². The van der Waals surface area contributed by atoms with Crippen LogP contribution in [0.1, 0.15) is 12.5 Å². The number of hydrogen-bond acceptors (Lipinski definition) is 4. The average Bonchev–Trinajstić information content (AvgIpc) is 2.18. The van der Waals surface area contributed by atoms with Crippen LogP contribution < -0.4 is 0 Å². The summed E-state index contributed by atoms with van der Waals surface area (Å²) in [6, 6.07) is 8.26. The van der Waals surface area contributed by atoms with Crippen LogP contribution in [-0.2, 0) is 15.3 Å². The molecule has 1 atom stereocenters. The third kappa shape index (κ3) is 2.31. The minimum absolute atomic E-state index is 0.345. The molecule has 0 radical (unpaired) electrons. The average molecular weight is 196 g/mol. The third-order valence-electron chi connectivity index (χ3n) is 1.75. The monoisotopic (exact) mass is 196 g/mol. The van der Waals surface area contributed by atoms with Crippen molar-refractivity contribution in [3.63, 3.8) is 0 Å². The molecule has 0 heterocycles. The van der Waals surface area contributed by atoms with Crippen molar-refractivity contribution in [3.8, 4) is 0 Å². The number of rotatable bonds is 3. The Bertz CT molecular complexity index is 309. The molecule has 0 aromatic heterocycles. The van der Waals surface area contributed by atoms with Crippen molar-refractivity contribution in [1.29, 1.82) is 0 Å².